The van der Waals surface area contributed by atoms with Crippen molar-refractivity contribution in [3.8, 4) is 0 Å². The second-order valence-corrected chi connectivity index (χ2v) is 2.98. The predicted octanol–water partition coefficient (Wildman–Crippen LogP) is 2.21. The molecule has 0 N–H and O–H groups in total. The van der Waals surface area contributed by atoms with E-state index in [1.807, 2.05) is 19.1 Å². The minimum atomic E-state index is 1.05. The standard InChI is InChI=1S/C10H12N2/c1-3-9-7-8(2)11-10-5-4-6-12(9)10/h4-7H,3H2,1-2H3. The zero-order valence-corrected chi connectivity index (χ0v) is 7.41. The molecule has 2 nitrogen and oxygen atoms in total. The van der Waals surface area contributed by atoms with Gasteiger partial charge in [0.1, 0.15) is 5.65 Å². The molecule has 0 amide bonds. The Balaban J connectivity index is 2.80. The molecule has 0 aromatic carbocycles. The lowest BCUT2D eigenvalue weighted by Gasteiger charge is -2.03. The molecule has 2 aromatic heterocycles. The van der Waals surface area contributed by atoms with Crippen LogP contribution in [0.3, 0.4) is 0 Å². The summed E-state index contributed by atoms with van der Waals surface area (Å²) < 4.78 is 2.13. The van der Waals surface area contributed by atoms with Gasteiger partial charge in [0.15, 0.2) is 0 Å². The van der Waals surface area contributed by atoms with Gasteiger partial charge in [0.2, 0.25) is 0 Å². The molecule has 0 saturated carbocycles. The minimum Gasteiger partial charge on any atom is -0.306 e. The Morgan fingerprint density at radius 2 is 2.33 bits per heavy atom. The largest absolute Gasteiger partial charge is 0.306 e. The summed E-state index contributed by atoms with van der Waals surface area (Å²) in [6, 6.07) is 6.19. The van der Waals surface area contributed by atoms with Crippen molar-refractivity contribution >= 4 is 5.65 Å². The molecule has 0 bridgehead atoms. The van der Waals surface area contributed by atoms with Crippen LogP contribution >= 0.6 is 0 Å². The van der Waals surface area contributed by atoms with Crippen molar-refractivity contribution in [2.24, 2.45) is 0 Å². The van der Waals surface area contributed by atoms with E-state index in [0.29, 0.717) is 0 Å². The van der Waals surface area contributed by atoms with E-state index >= 15 is 0 Å². The fourth-order valence-corrected chi connectivity index (χ4v) is 1.50. The molecule has 0 atom stereocenters. The van der Waals surface area contributed by atoms with Crippen molar-refractivity contribution in [2.45, 2.75) is 20.3 Å². The van der Waals surface area contributed by atoms with Gasteiger partial charge in [-0.05, 0) is 31.5 Å². The molecule has 2 heteroatoms. The third-order valence-electron chi connectivity index (χ3n) is 2.07. The first-order valence-corrected chi connectivity index (χ1v) is 4.25. The molecule has 0 spiro atoms. The number of aromatic nitrogens is 2. The van der Waals surface area contributed by atoms with Gasteiger partial charge < -0.3 is 4.40 Å². The number of nitrogens with zero attached hydrogens (tertiary/aromatic N) is 2. The molecule has 2 heterocycles. The number of rotatable bonds is 1. The Morgan fingerprint density at radius 1 is 1.50 bits per heavy atom. The Labute approximate surface area is 71.9 Å². The molecule has 0 radical (unpaired) electrons. The summed E-state index contributed by atoms with van der Waals surface area (Å²) in [4.78, 5) is 4.41. The lowest BCUT2D eigenvalue weighted by atomic mass is 10.3. The lowest BCUT2D eigenvalue weighted by molar-refractivity contribution is 0.947. The Hall–Kier alpha value is -1.31. The summed E-state index contributed by atoms with van der Waals surface area (Å²) in [5.41, 5.74) is 3.47. The van der Waals surface area contributed by atoms with E-state index in [1.54, 1.807) is 0 Å². The van der Waals surface area contributed by atoms with Gasteiger partial charge >= 0.3 is 0 Å². The number of hydrogen-bond donors (Lipinski definition) is 0. The molecule has 62 valence electrons. The van der Waals surface area contributed by atoms with E-state index in [-0.39, 0.29) is 0 Å². The molecule has 0 fully saturated rings. The van der Waals surface area contributed by atoms with Crippen molar-refractivity contribution in [1.29, 1.82) is 0 Å². The number of hydrogen-bond acceptors (Lipinski definition) is 1. The molecule has 12 heavy (non-hydrogen) atoms. The zero-order chi connectivity index (χ0) is 8.55. The number of fused-ring (bicyclic) bond motifs is 1. The Bertz CT molecular complexity index is 401. The van der Waals surface area contributed by atoms with Crippen molar-refractivity contribution in [3.05, 3.63) is 35.8 Å². The van der Waals surface area contributed by atoms with Crippen LogP contribution in [0.2, 0.25) is 0 Å². The van der Waals surface area contributed by atoms with Crippen LogP contribution in [0.4, 0.5) is 0 Å². The molecule has 0 saturated heterocycles. The highest BCUT2D eigenvalue weighted by Crippen LogP contribution is 2.08. The first kappa shape index (κ1) is 7.35. The highest BCUT2D eigenvalue weighted by atomic mass is 15.0. The highest BCUT2D eigenvalue weighted by molar-refractivity contribution is 5.41. The lowest BCUT2D eigenvalue weighted by Crippen LogP contribution is -1.97. The third kappa shape index (κ3) is 0.998. The smallest absolute Gasteiger partial charge is 0.137 e. The zero-order valence-electron chi connectivity index (χ0n) is 7.41. The molecule has 2 rings (SSSR count). The SMILES string of the molecule is CCc1cc(C)nc2cccn12. The van der Waals surface area contributed by atoms with Gasteiger partial charge in [-0.25, -0.2) is 4.98 Å². The van der Waals surface area contributed by atoms with Crippen LogP contribution in [0.1, 0.15) is 18.3 Å². The third-order valence-corrected chi connectivity index (χ3v) is 2.07. The summed E-state index contributed by atoms with van der Waals surface area (Å²) in [6.45, 7) is 4.19. The van der Waals surface area contributed by atoms with Crippen LogP contribution in [0, 0.1) is 6.92 Å². The van der Waals surface area contributed by atoms with Crippen LogP contribution < -0.4 is 0 Å². The summed E-state index contributed by atoms with van der Waals surface area (Å²) in [5, 5.41) is 0. The Morgan fingerprint density at radius 3 is 3.08 bits per heavy atom. The first-order chi connectivity index (χ1) is 5.81. The van der Waals surface area contributed by atoms with E-state index in [2.05, 4.69) is 28.6 Å². The van der Waals surface area contributed by atoms with Crippen molar-refractivity contribution in [3.63, 3.8) is 0 Å². The second kappa shape index (κ2) is 2.63. The summed E-state index contributed by atoms with van der Waals surface area (Å²) >= 11 is 0. The van der Waals surface area contributed by atoms with Crippen LogP contribution in [0.5, 0.6) is 0 Å². The Kier molecular flexibility index (Phi) is 1.61. The van der Waals surface area contributed by atoms with Crippen LogP contribution in [0.25, 0.3) is 5.65 Å². The van der Waals surface area contributed by atoms with E-state index in [0.717, 1.165) is 17.8 Å². The molecule has 2 aromatic rings. The minimum absolute atomic E-state index is 1.05. The second-order valence-electron chi connectivity index (χ2n) is 2.98. The monoisotopic (exact) mass is 160 g/mol. The van der Waals surface area contributed by atoms with Gasteiger partial charge in [-0.1, -0.05) is 6.92 Å². The summed E-state index contributed by atoms with van der Waals surface area (Å²) in [7, 11) is 0. The van der Waals surface area contributed by atoms with E-state index in [1.165, 1.54) is 5.69 Å². The van der Waals surface area contributed by atoms with Crippen LogP contribution in [0.15, 0.2) is 24.4 Å². The first-order valence-electron chi connectivity index (χ1n) is 4.25. The molecule has 0 aliphatic carbocycles. The maximum atomic E-state index is 4.41. The van der Waals surface area contributed by atoms with Gasteiger partial charge in [-0.3, -0.25) is 0 Å². The maximum Gasteiger partial charge on any atom is 0.137 e. The average Bonchev–Trinajstić information content (AvgIpc) is 2.50. The van der Waals surface area contributed by atoms with E-state index in [4.69, 9.17) is 0 Å². The quantitative estimate of drug-likeness (QED) is 0.625. The number of aryl methyl sites for hydroxylation is 2. The van der Waals surface area contributed by atoms with Gasteiger partial charge in [-0.2, -0.15) is 0 Å². The van der Waals surface area contributed by atoms with Crippen molar-refractivity contribution in [2.75, 3.05) is 0 Å². The normalized spacial score (nSPS) is 10.8. The van der Waals surface area contributed by atoms with Crippen LogP contribution in [-0.2, 0) is 6.42 Å². The molecule has 0 aliphatic heterocycles. The molecular weight excluding hydrogens is 148 g/mol. The van der Waals surface area contributed by atoms with Crippen LogP contribution in [-0.4, -0.2) is 9.38 Å². The van der Waals surface area contributed by atoms with Gasteiger partial charge in [-0.15, -0.1) is 0 Å². The van der Waals surface area contributed by atoms with E-state index < -0.39 is 0 Å². The average molecular weight is 160 g/mol. The molecule has 0 unspecified atom stereocenters. The topological polar surface area (TPSA) is 17.3 Å². The maximum absolute atomic E-state index is 4.41. The van der Waals surface area contributed by atoms with E-state index in [9.17, 15) is 0 Å². The van der Waals surface area contributed by atoms with Gasteiger partial charge in [0, 0.05) is 17.6 Å². The predicted molar refractivity (Wildman–Crippen MR) is 49.3 cm³/mol. The fourth-order valence-electron chi connectivity index (χ4n) is 1.50. The molecular formula is C10H12N2. The van der Waals surface area contributed by atoms with Crippen molar-refractivity contribution < 1.29 is 0 Å². The van der Waals surface area contributed by atoms with Crippen molar-refractivity contribution in [1.82, 2.24) is 9.38 Å². The molecule has 0 aliphatic rings. The van der Waals surface area contributed by atoms with Gasteiger partial charge in [0.25, 0.3) is 0 Å². The summed E-state index contributed by atoms with van der Waals surface area (Å²) in [5.74, 6) is 0. The summed E-state index contributed by atoms with van der Waals surface area (Å²) in [6.07, 6.45) is 3.11. The highest BCUT2D eigenvalue weighted by Gasteiger charge is 1.99. The van der Waals surface area contributed by atoms with Gasteiger partial charge in [0.05, 0.1) is 0 Å². The fraction of sp³-hybridized carbons (Fsp3) is 0.300.